The monoisotopic (exact) mass is 276 g/mol. The molecule has 1 aromatic heterocycles. The van der Waals surface area contributed by atoms with Gasteiger partial charge in [-0.05, 0) is 37.8 Å². The molecule has 1 amide bonds. The molecular weight excluding hydrogens is 252 g/mol. The summed E-state index contributed by atoms with van der Waals surface area (Å²) in [6.45, 7) is 1.73. The van der Waals surface area contributed by atoms with Gasteiger partial charge in [-0.3, -0.25) is 4.79 Å². The average molecular weight is 276 g/mol. The minimum atomic E-state index is 0.165. The molecule has 0 unspecified atom stereocenters. The van der Waals surface area contributed by atoms with Crippen LogP contribution in [-0.4, -0.2) is 41.7 Å². The van der Waals surface area contributed by atoms with Crippen LogP contribution in [0.25, 0.3) is 0 Å². The largest absolute Gasteiger partial charge is 0.381 e. The summed E-state index contributed by atoms with van der Waals surface area (Å²) < 4.78 is 7.61. The molecular formula is C16H24N2O2. The van der Waals surface area contributed by atoms with Gasteiger partial charge in [-0.1, -0.05) is 6.42 Å². The first-order valence-corrected chi connectivity index (χ1v) is 7.60. The highest BCUT2D eigenvalue weighted by atomic mass is 16.5. The maximum atomic E-state index is 12.7. The van der Waals surface area contributed by atoms with Crippen molar-refractivity contribution >= 4 is 5.91 Å². The second kappa shape index (κ2) is 5.24. The highest BCUT2D eigenvalue weighted by molar-refractivity contribution is 5.92. The van der Waals surface area contributed by atoms with Gasteiger partial charge in [0.1, 0.15) is 5.69 Å². The highest BCUT2D eigenvalue weighted by Gasteiger charge is 2.46. The van der Waals surface area contributed by atoms with Crippen LogP contribution < -0.4 is 0 Å². The molecule has 3 rings (SSSR count). The first kappa shape index (κ1) is 13.7. The molecule has 1 saturated heterocycles. The lowest BCUT2D eigenvalue weighted by molar-refractivity contribution is -0.0297. The molecule has 0 N–H and O–H groups in total. The zero-order valence-corrected chi connectivity index (χ0v) is 12.5. The quantitative estimate of drug-likeness (QED) is 0.831. The number of aryl methyl sites for hydroxylation is 1. The molecule has 0 aromatic carbocycles. The van der Waals surface area contributed by atoms with E-state index in [1.54, 1.807) is 0 Å². The summed E-state index contributed by atoms with van der Waals surface area (Å²) in [6, 6.07) is 3.84. The SMILES string of the molecule is CO[C@@H]1CCC[C@]12CCCN(C(=O)c1cccn1C)C2. The molecule has 0 bridgehead atoms. The minimum Gasteiger partial charge on any atom is -0.381 e. The highest BCUT2D eigenvalue weighted by Crippen LogP contribution is 2.46. The van der Waals surface area contributed by atoms with Gasteiger partial charge in [0.15, 0.2) is 0 Å². The molecule has 2 aliphatic rings. The van der Waals surface area contributed by atoms with E-state index in [2.05, 4.69) is 0 Å². The van der Waals surface area contributed by atoms with Crippen LogP contribution in [0, 0.1) is 5.41 Å². The Kier molecular flexibility index (Phi) is 3.59. The van der Waals surface area contributed by atoms with Crippen LogP contribution in [0.1, 0.15) is 42.6 Å². The van der Waals surface area contributed by atoms with Gasteiger partial charge in [-0.2, -0.15) is 0 Å². The Hall–Kier alpha value is -1.29. The zero-order valence-electron chi connectivity index (χ0n) is 12.5. The van der Waals surface area contributed by atoms with Gasteiger partial charge >= 0.3 is 0 Å². The second-order valence-electron chi connectivity index (χ2n) is 6.31. The Labute approximate surface area is 120 Å². The van der Waals surface area contributed by atoms with Gasteiger partial charge in [-0.15, -0.1) is 0 Å². The number of likely N-dealkylation sites (tertiary alicyclic amines) is 1. The summed E-state index contributed by atoms with van der Waals surface area (Å²) in [5.41, 5.74) is 0.988. The molecule has 4 nitrogen and oxygen atoms in total. The zero-order chi connectivity index (χ0) is 14.2. The number of hydrogen-bond acceptors (Lipinski definition) is 2. The smallest absolute Gasteiger partial charge is 0.270 e. The molecule has 1 aromatic rings. The molecule has 20 heavy (non-hydrogen) atoms. The van der Waals surface area contributed by atoms with Gasteiger partial charge < -0.3 is 14.2 Å². The molecule has 1 spiro atoms. The molecule has 0 radical (unpaired) electrons. The lowest BCUT2D eigenvalue weighted by Crippen LogP contribution is -2.50. The predicted octanol–water partition coefficient (Wildman–Crippen LogP) is 2.45. The summed E-state index contributed by atoms with van der Waals surface area (Å²) in [6.07, 6.45) is 8.11. The van der Waals surface area contributed by atoms with Crippen LogP contribution in [0.4, 0.5) is 0 Å². The topological polar surface area (TPSA) is 34.5 Å². The van der Waals surface area contributed by atoms with Crippen LogP contribution in [0.15, 0.2) is 18.3 Å². The number of ether oxygens (including phenoxy) is 1. The Bertz CT molecular complexity index is 496. The van der Waals surface area contributed by atoms with Crippen molar-refractivity contribution in [3.8, 4) is 0 Å². The van der Waals surface area contributed by atoms with Crippen molar-refractivity contribution in [1.82, 2.24) is 9.47 Å². The number of rotatable bonds is 2. The molecule has 2 atom stereocenters. The number of amides is 1. The maximum absolute atomic E-state index is 12.7. The number of carbonyl (C=O) groups is 1. The third kappa shape index (κ3) is 2.16. The first-order valence-electron chi connectivity index (χ1n) is 7.60. The van der Waals surface area contributed by atoms with E-state index in [0.717, 1.165) is 31.6 Å². The molecule has 2 heterocycles. The van der Waals surface area contributed by atoms with E-state index in [1.165, 1.54) is 19.3 Å². The van der Waals surface area contributed by atoms with Crippen molar-refractivity contribution in [1.29, 1.82) is 0 Å². The fraction of sp³-hybridized carbons (Fsp3) is 0.688. The fourth-order valence-electron chi connectivity index (χ4n) is 4.12. The fourth-order valence-corrected chi connectivity index (χ4v) is 4.12. The number of hydrogen-bond donors (Lipinski definition) is 0. The molecule has 1 aliphatic carbocycles. The van der Waals surface area contributed by atoms with Gasteiger partial charge in [0.2, 0.25) is 0 Å². The van der Waals surface area contributed by atoms with Crippen molar-refractivity contribution < 1.29 is 9.53 Å². The van der Waals surface area contributed by atoms with Gasteiger partial charge in [-0.25, -0.2) is 0 Å². The van der Waals surface area contributed by atoms with E-state index in [1.807, 2.05) is 42.0 Å². The van der Waals surface area contributed by atoms with Crippen molar-refractivity contribution in [3.05, 3.63) is 24.0 Å². The van der Waals surface area contributed by atoms with Crippen LogP contribution in [-0.2, 0) is 11.8 Å². The van der Waals surface area contributed by atoms with E-state index in [4.69, 9.17) is 4.74 Å². The molecule has 4 heteroatoms. The lowest BCUT2D eigenvalue weighted by Gasteiger charge is -2.43. The Balaban J connectivity index is 1.79. The third-order valence-electron chi connectivity index (χ3n) is 5.17. The van der Waals surface area contributed by atoms with Crippen molar-refractivity contribution in [2.75, 3.05) is 20.2 Å². The van der Waals surface area contributed by atoms with E-state index < -0.39 is 0 Å². The van der Waals surface area contributed by atoms with Crippen LogP contribution >= 0.6 is 0 Å². The minimum absolute atomic E-state index is 0.165. The van der Waals surface area contributed by atoms with Crippen LogP contribution in [0.5, 0.6) is 0 Å². The standard InChI is InChI=1S/C16H24N2O2/c1-17-10-4-6-13(17)15(19)18-11-5-9-16(12-18)8-3-7-14(16)20-2/h4,6,10,14H,3,5,7-9,11-12H2,1-2H3/t14-,16-/m1/s1. The Morgan fingerprint density at radius 2 is 2.20 bits per heavy atom. The number of carbonyl (C=O) groups excluding carboxylic acids is 1. The van der Waals surface area contributed by atoms with E-state index in [9.17, 15) is 4.79 Å². The normalized spacial score (nSPS) is 30.1. The number of aromatic nitrogens is 1. The van der Waals surface area contributed by atoms with Crippen molar-refractivity contribution in [3.63, 3.8) is 0 Å². The molecule has 2 fully saturated rings. The van der Waals surface area contributed by atoms with Crippen molar-refractivity contribution in [2.24, 2.45) is 12.5 Å². The molecule has 1 saturated carbocycles. The number of piperidine rings is 1. The van der Waals surface area contributed by atoms with Crippen LogP contribution in [0.3, 0.4) is 0 Å². The maximum Gasteiger partial charge on any atom is 0.270 e. The Morgan fingerprint density at radius 1 is 1.40 bits per heavy atom. The van der Waals surface area contributed by atoms with E-state index in [0.29, 0.717) is 6.10 Å². The predicted molar refractivity (Wildman–Crippen MR) is 77.6 cm³/mol. The summed E-state index contributed by atoms with van der Waals surface area (Å²) >= 11 is 0. The average Bonchev–Trinajstić information content (AvgIpc) is 3.04. The summed E-state index contributed by atoms with van der Waals surface area (Å²) in [5, 5.41) is 0. The Morgan fingerprint density at radius 3 is 2.90 bits per heavy atom. The summed E-state index contributed by atoms with van der Waals surface area (Å²) in [7, 11) is 3.75. The number of nitrogens with zero attached hydrogens (tertiary/aromatic N) is 2. The van der Waals surface area contributed by atoms with Gasteiger partial charge in [0, 0.05) is 38.9 Å². The first-order chi connectivity index (χ1) is 9.66. The number of methoxy groups -OCH3 is 1. The molecule has 110 valence electrons. The van der Waals surface area contributed by atoms with E-state index in [-0.39, 0.29) is 11.3 Å². The lowest BCUT2D eigenvalue weighted by atomic mass is 9.76. The third-order valence-corrected chi connectivity index (χ3v) is 5.17. The molecule has 1 aliphatic heterocycles. The van der Waals surface area contributed by atoms with E-state index >= 15 is 0 Å². The van der Waals surface area contributed by atoms with Gasteiger partial charge in [0.25, 0.3) is 5.91 Å². The summed E-state index contributed by atoms with van der Waals surface area (Å²) in [5.74, 6) is 0.165. The summed E-state index contributed by atoms with van der Waals surface area (Å²) in [4.78, 5) is 14.7. The van der Waals surface area contributed by atoms with Gasteiger partial charge in [0.05, 0.1) is 6.10 Å². The van der Waals surface area contributed by atoms with Crippen molar-refractivity contribution in [2.45, 2.75) is 38.2 Å². The van der Waals surface area contributed by atoms with Crippen LogP contribution in [0.2, 0.25) is 0 Å². The second-order valence-corrected chi connectivity index (χ2v) is 6.31.